The average Bonchev–Trinajstić information content (AvgIpc) is 2.97. The molecule has 0 unspecified atom stereocenters. The number of nitrogens with one attached hydrogen (secondary N) is 1. The molecule has 1 heterocycles. The van der Waals surface area contributed by atoms with Crippen LogP contribution in [-0.4, -0.2) is 31.5 Å². The van der Waals surface area contributed by atoms with Crippen molar-refractivity contribution in [3.05, 3.63) is 51.9 Å². The van der Waals surface area contributed by atoms with Crippen molar-refractivity contribution in [2.45, 2.75) is 13.8 Å². The highest BCUT2D eigenvalue weighted by Crippen LogP contribution is 2.33. The SMILES string of the molecule is CCOC(=O)c1c(NC(=O)C=Cc2ccc(OC)cc2)sc(C(N)=O)c1C. The van der Waals surface area contributed by atoms with Gasteiger partial charge in [0.25, 0.3) is 5.91 Å². The summed E-state index contributed by atoms with van der Waals surface area (Å²) in [5.41, 5.74) is 6.67. The van der Waals surface area contributed by atoms with Crippen LogP contribution in [0.15, 0.2) is 30.3 Å². The van der Waals surface area contributed by atoms with E-state index >= 15 is 0 Å². The van der Waals surface area contributed by atoms with E-state index in [-0.39, 0.29) is 22.0 Å². The molecule has 27 heavy (non-hydrogen) atoms. The number of thiophene rings is 1. The number of ether oxygens (including phenoxy) is 2. The van der Waals surface area contributed by atoms with Crippen LogP contribution in [0.2, 0.25) is 0 Å². The van der Waals surface area contributed by atoms with Crippen LogP contribution in [0.25, 0.3) is 6.08 Å². The maximum atomic E-state index is 12.2. The maximum absolute atomic E-state index is 12.2. The summed E-state index contributed by atoms with van der Waals surface area (Å²) in [6.45, 7) is 3.43. The molecular formula is C19H20N2O5S. The highest BCUT2D eigenvalue weighted by molar-refractivity contribution is 7.18. The van der Waals surface area contributed by atoms with Crippen LogP contribution in [0.4, 0.5) is 5.00 Å². The van der Waals surface area contributed by atoms with Gasteiger partial charge in [0.2, 0.25) is 5.91 Å². The highest BCUT2D eigenvalue weighted by Gasteiger charge is 2.25. The van der Waals surface area contributed by atoms with Crippen LogP contribution in [0.3, 0.4) is 0 Å². The summed E-state index contributed by atoms with van der Waals surface area (Å²) in [6, 6.07) is 7.15. The van der Waals surface area contributed by atoms with Crippen molar-refractivity contribution in [3.8, 4) is 5.75 Å². The zero-order chi connectivity index (χ0) is 20.0. The Hall–Kier alpha value is -3.13. The lowest BCUT2D eigenvalue weighted by Gasteiger charge is -2.05. The minimum Gasteiger partial charge on any atom is -0.497 e. The fourth-order valence-corrected chi connectivity index (χ4v) is 3.38. The van der Waals surface area contributed by atoms with Gasteiger partial charge in [-0.05, 0) is 43.2 Å². The lowest BCUT2D eigenvalue weighted by atomic mass is 10.1. The maximum Gasteiger partial charge on any atom is 0.341 e. The van der Waals surface area contributed by atoms with E-state index in [1.807, 2.05) is 0 Å². The van der Waals surface area contributed by atoms with E-state index in [1.165, 1.54) is 6.08 Å². The van der Waals surface area contributed by atoms with E-state index in [1.54, 1.807) is 51.3 Å². The molecule has 7 nitrogen and oxygen atoms in total. The number of carbonyl (C=O) groups is 3. The Morgan fingerprint density at radius 1 is 1.22 bits per heavy atom. The van der Waals surface area contributed by atoms with E-state index in [0.29, 0.717) is 11.3 Å². The second-order valence-electron chi connectivity index (χ2n) is 5.44. The number of primary amides is 1. The number of benzene rings is 1. The van der Waals surface area contributed by atoms with Crippen molar-refractivity contribution in [1.29, 1.82) is 0 Å². The quantitative estimate of drug-likeness (QED) is 0.560. The Kier molecular flexibility index (Phi) is 6.73. The van der Waals surface area contributed by atoms with Gasteiger partial charge >= 0.3 is 5.97 Å². The summed E-state index contributed by atoms with van der Waals surface area (Å²) >= 11 is 0.946. The fraction of sp³-hybridized carbons (Fsp3) is 0.211. The van der Waals surface area contributed by atoms with Crippen LogP contribution in [0.5, 0.6) is 5.75 Å². The molecule has 0 bridgehead atoms. The average molecular weight is 388 g/mol. The van der Waals surface area contributed by atoms with E-state index in [9.17, 15) is 14.4 Å². The van der Waals surface area contributed by atoms with E-state index in [0.717, 1.165) is 16.9 Å². The Balaban J connectivity index is 2.22. The highest BCUT2D eigenvalue weighted by atomic mass is 32.1. The number of methoxy groups -OCH3 is 1. The predicted molar refractivity (Wildman–Crippen MR) is 104 cm³/mol. The molecule has 0 saturated carbocycles. The largest absolute Gasteiger partial charge is 0.497 e. The van der Waals surface area contributed by atoms with Crippen molar-refractivity contribution in [2.75, 3.05) is 19.0 Å². The van der Waals surface area contributed by atoms with Crippen LogP contribution >= 0.6 is 11.3 Å². The molecule has 8 heteroatoms. The summed E-state index contributed by atoms with van der Waals surface area (Å²) < 4.78 is 10.1. The molecule has 0 aliphatic carbocycles. The lowest BCUT2D eigenvalue weighted by molar-refractivity contribution is -0.111. The molecule has 0 aliphatic heterocycles. The van der Waals surface area contributed by atoms with Crippen molar-refractivity contribution in [3.63, 3.8) is 0 Å². The minimum atomic E-state index is -0.669. The number of hydrogen-bond acceptors (Lipinski definition) is 6. The van der Waals surface area contributed by atoms with Gasteiger partial charge in [0, 0.05) is 6.08 Å². The van der Waals surface area contributed by atoms with Crippen LogP contribution in [0, 0.1) is 6.92 Å². The monoisotopic (exact) mass is 388 g/mol. The first-order valence-corrected chi connectivity index (χ1v) is 8.92. The Bertz CT molecular complexity index is 884. The van der Waals surface area contributed by atoms with Gasteiger partial charge < -0.3 is 20.5 Å². The minimum absolute atomic E-state index is 0.141. The van der Waals surface area contributed by atoms with E-state index < -0.39 is 17.8 Å². The number of anilines is 1. The zero-order valence-corrected chi connectivity index (χ0v) is 16.0. The van der Waals surface area contributed by atoms with Crippen LogP contribution < -0.4 is 15.8 Å². The summed E-state index contributed by atoms with van der Waals surface area (Å²) in [5, 5.41) is 2.84. The van der Waals surface area contributed by atoms with Crippen molar-refractivity contribution < 1.29 is 23.9 Å². The van der Waals surface area contributed by atoms with Crippen molar-refractivity contribution >= 4 is 40.2 Å². The van der Waals surface area contributed by atoms with Gasteiger partial charge in [0.05, 0.1) is 24.2 Å². The molecule has 2 amide bonds. The predicted octanol–water partition coefficient (Wildman–Crippen LogP) is 2.99. The zero-order valence-electron chi connectivity index (χ0n) is 15.2. The van der Waals surface area contributed by atoms with Crippen LogP contribution in [-0.2, 0) is 9.53 Å². The first-order chi connectivity index (χ1) is 12.9. The van der Waals surface area contributed by atoms with Crippen molar-refractivity contribution in [1.82, 2.24) is 0 Å². The van der Waals surface area contributed by atoms with E-state index in [4.69, 9.17) is 15.2 Å². The number of hydrogen-bond donors (Lipinski definition) is 2. The van der Waals surface area contributed by atoms with Gasteiger partial charge in [0.15, 0.2) is 0 Å². The van der Waals surface area contributed by atoms with Gasteiger partial charge in [-0.25, -0.2) is 4.79 Å². The molecule has 0 aliphatic rings. The Labute approximate surface area is 160 Å². The number of amides is 2. The van der Waals surface area contributed by atoms with Crippen molar-refractivity contribution in [2.24, 2.45) is 5.73 Å². The van der Waals surface area contributed by atoms with Gasteiger partial charge in [0.1, 0.15) is 10.8 Å². The fourth-order valence-electron chi connectivity index (χ4n) is 2.33. The number of esters is 1. The summed E-state index contributed by atoms with van der Waals surface area (Å²) in [4.78, 5) is 36.2. The molecule has 1 aromatic carbocycles. The molecule has 3 N–H and O–H groups in total. The van der Waals surface area contributed by atoms with Crippen LogP contribution in [0.1, 0.15) is 38.1 Å². The second kappa shape index (κ2) is 9.00. The number of carbonyl (C=O) groups excluding carboxylic acids is 3. The standard InChI is InChI=1S/C19H20N2O5S/c1-4-26-19(24)15-11(2)16(17(20)23)27-18(15)21-14(22)10-7-12-5-8-13(25-3)9-6-12/h5-10H,4H2,1-3H3,(H2,20,23)(H,21,22). The first-order valence-electron chi connectivity index (χ1n) is 8.10. The van der Waals surface area contributed by atoms with Gasteiger partial charge in [-0.2, -0.15) is 0 Å². The smallest absolute Gasteiger partial charge is 0.341 e. The van der Waals surface area contributed by atoms with E-state index in [2.05, 4.69) is 5.32 Å². The molecule has 142 valence electrons. The third-order valence-electron chi connectivity index (χ3n) is 3.63. The number of nitrogens with two attached hydrogens (primary N) is 1. The molecule has 0 fully saturated rings. The van der Waals surface area contributed by atoms with Gasteiger partial charge in [-0.1, -0.05) is 12.1 Å². The topological polar surface area (TPSA) is 108 Å². The Morgan fingerprint density at radius 3 is 2.44 bits per heavy atom. The lowest BCUT2D eigenvalue weighted by Crippen LogP contribution is -2.13. The normalized spacial score (nSPS) is 10.6. The second-order valence-corrected chi connectivity index (χ2v) is 6.46. The molecule has 1 aromatic heterocycles. The third kappa shape index (κ3) is 4.95. The van der Waals surface area contributed by atoms with Gasteiger partial charge in [-0.3, -0.25) is 9.59 Å². The molecule has 0 saturated heterocycles. The summed E-state index contributed by atoms with van der Waals surface area (Å²) in [7, 11) is 1.57. The van der Waals surface area contributed by atoms with Gasteiger partial charge in [-0.15, -0.1) is 11.3 Å². The Morgan fingerprint density at radius 2 is 1.89 bits per heavy atom. The molecule has 0 radical (unpaired) electrons. The third-order valence-corrected chi connectivity index (χ3v) is 4.85. The molecule has 2 aromatic rings. The summed E-state index contributed by atoms with van der Waals surface area (Å²) in [5.74, 6) is -1.03. The molecule has 0 atom stereocenters. The molecular weight excluding hydrogens is 368 g/mol. The molecule has 2 rings (SSSR count). The summed E-state index contributed by atoms with van der Waals surface area (Å²) in [6.07, 6.45) is 2.95. The first kappa shape index (κ1) is 20.2. The number of rotatable bonds is 7. The molecule has 0 spiro atoms.